The van der Waals surface area contributed by atoms with Gasteiger partial charge in [0.2, 0.25) is 0 Å². The van der Waals surface area contributed by atoms with Crippen molar-refractivity contribution in [1.29, 1.82) is 0 Å². The Bertz CT molecular complexity index is 973. The first-order chi connectivity index (χ1) is 10.6. The van der Waals surface area contributed by atoms with Gasteiger partial charge in [-0.1, -0.05) is 0 Å². The molecule has 0 aliphatic heterocycles. The quantitative estimate of drug-likeness (QED) is 0.627. The van der Waals surface area contributed by atoms with Gasteiger partial charge in [-0.05, 0) is 53.9 Å². The van der Waals surface area contributed by atoms with Gasteiger partial charge < -0.3 is 0 Å². The SMILES string of the molecule is O=C1c2ccc(S(=O)(=O)Cl)cc2Cc2cc(S(=O)(=O)Cl)ccc21. The minimum absolute atomic E-state index is 0.115. The highest BCUT2D eigenvalue weighted by Crippen LogP contribution is 2.31. The molecule has 120 valence electrons. The average Bonchev–Trinajstić information content (AvgIpc) is 2.44. The summed E-state index contributed by atoms with van der Waals surface area (Å²) in [6, 6.07) is 7.98. The second kappa shape index (κ2) is 5.31. The summed E-state index contributed by atoms with van der Waals surface area (Å²) >= 11 is 0. The minimum Gasteiger partial charge on any atom is -0.289 e. The lowest BCUT2D eigenvalue weighted by atomic mass is 9.85. The smallest absolute Gasteiger partial charge is 0.261 e. The van der Waals surface area contributed by atoms with E-state index in [4.69, 9.17) is 21.4 Å². The normalized spacial score (nSPS) is 14.3. The van der Waals surface area contributed by atoms with Crippen LogP contribution in [0.4, 0.5) is 0 Å². The molecule has 0 radical (unpaired) electrons. The van der Waals surface area contributed by atoms with Gasteiger partial charge >= 0.3 is 0 Å². The van der Waals surface area contributed by atoms with Crippen LogP contribution in [0, 0.1) is 0 Å². The van der Waals surface area contributed by atoms with Crippen LogP contribution in [-0.2, 0) is 24.5 Å². The third kappa shape index (κ3) is 3.01. The molecule has 0 saturated carbocycles. The van der Waals surface area contributed by atoms with Crippen molar-refractivity contribution in [3.63, 3.8) is 0 Å². The second-order valence-electron chi connectivity index (χ2n) is 5.02. The van der Waals surface area contributed by atoms with Gasteiger partial charge in [-0.2, -0.15) is 0 Å². The van der Waals surface area contributed by atoms with Crippen molar-refractivity contribution in [3.05, 3.63) is 58.7 Å². The Hall–Kier alpha value is -1.41. The van der Waals surface area contributed by atoms with Crippen LogP contribution in [0.15, 0.2) is 46.2 Å². The van der Waals surface area contributed by atoms with Crippen molar-refractivity contribution in [2.24, 2.45) is 0 Å². The molecule has 3 rings (SSSR count). The van der Waals surface area contributed by atoms with E-state index in [0.29, 0.717) is 22.3 Å². The molecule has 1 aliphatic rings. The van der Waals surface area contributed by atoms with Crippen molar-refractivity contribution < 1.29 is 21.6 Å². The van der Waals surface area contributed by atoms with E-state index in [1.54, 1.807) is 0 Å². The number of carbonyl (C=O) groups excluding carboxylic acids is 1. The summed E-state index contributed by atoms with van der Waals surface area (Å²) < 4.78 is 45.7. The summed E-state index contributed by atoms with van der Waals surface area (Å²) in [4.78, 5) is 12.2. The van der Waals surface area contributed by atoms with Crippen LogP contribution in [0.3, 0.4) is 0 Å². The Balaban J connectivity index is 2.17. The van der Waals surface area contributed by atoms with Crippen molar-refractivity contribution in [1.82, 2.24) is 0 Å². The van der Waals surface area contributed by atoms with Crippen LogP contribution in [0.25, 0.3) is 0 Å². The number of hydrogen-bond donors (Lipinski definition) is 0. The second-order valence-corrected chi connectivity index (χ2v) is 10.2. The van der Waals surface area contributed by atoms with Gasteiger partial charge in [0, 0.05) is 32.5 Å². The standard InChI is InChI=1S/C14H8Cl2O5S2/c15-22(18,19)10-1-3-12-8(6-10)5-9-7-11(23(16,20)21)2-4-13(9)14(12)17/h1-4,6-7H,5H2. The Morgan fingerprint density at radius 3 is 1.48 bits per heavy atom. The number of hydrogen-bond acceptors (Lipinski definition) is 5. The maximum atomic E-state index is 12.5. The molecular weight excluding hydrogens is 383 g/mol. The van der Waals surface area contributed by atoms with E-state index in [-0.39, 0.29) is 22.0 Å². The lowest BCUT2D eigenvalue weighted by Gasteiger charge is -2.19. The Morgan fingerprint density at radius 1 is 0.739 bits per heavy atom. The first-order valence-electron chi connectivity index (χ1n) is 6.27. The monoisotopic (exact) mass is 390 g/mol. The van der Waals surface area contributed by atoms with Crippen LogP contribution in [-0.4, -0.2) is 22.6 Å². The molecule has 0 unspecified atom stereocenters. The fourth-order valence-corrected chi connectivity index (χ4v) is 4.13. The minimum atomic E-state index is -3.92. The molecule has 0 spiro atoms. The third-order valence-electron chi connectivity index (χ3n) is 3.59. The van der Waals surface area contributed by atoms with E-state index >= 15 is 0 Å². The van der Waals surface area contributed by atoms with E-state index in [1.165, 1.54) is 36.4 Å². The number of benzene rings is 2. The van der Waals surface area contributed by atoms with Crippen molar-refractivity contribution in [2.75, 3.05) is 0 Å². The van der Waals surface area contributed by atoms with Gasteiger partial charge in [0.25, 0.3) is 18.1 Å². The largest absolute Gasteiger partial charge is 0.289 e. The van der Waals surface area contributed by atoms with Gasteiger partial charge in [-0.15, -0.1) is 0 Å². The fourth-order valence-electron chi connectivity index (χ4n) is 2.53. The van der Waals surface area contributed by atoms with E-state index < -0.39 is 18.1 Å². The Morgan fingerprint density at radius 2 is 1.13 bits per heavy atom. The molecule has 0 heterocycles. The highest BCUT2D eigenvalue weighted by molar-refractivity contribution is 8.14. The topological polar surface area (TPSA) is 85.3 Å². The van der Waals surface area contributed by atoms with E-state index in [2.05, 4.69) is 0 Å². The molecule has 2 aromatic rings. The summed E-state index contributed by atoms with van der Waals surface area (Å²) in [6.45, 7) is 0. The van der Waals surface area contributed by atoms with Crippen LogP contribution >= 0.6 is 21.4 Å². The molecule has 5 nitrogen and oxygen atoms in total. The summed E-state index contributed by atoms with van der Waals surface area (Å²) in [5.41, 5.74) is 1.66. The van der Waals surface area contributed by atoms with Gasteiger partial charge in [0.15, 0.2) is 5.78 Å². The maximum Gasteiger partial charge on any atom is 0.261 e. The van der Waals surface area contributed by atoms with Gasteiger partial charge in [-0.3, -0.25) is 4.79 Å². The predicted molar refractivity (Wildman–Crippen MR) is 85.2 cm³/mol. The van der Waals surface area contributed by atoms with E-state index in [0.717, 1.165) is 0 Å². The molecule has 0 N–H and O–H groups in total. The van der Waals surface area contributed by atoms with Gasteiger partial charge in [0.1, 0.15) is 0 Å². The number of halogens is 2. The molecule has 0 bridgehead atoms. The highest BCUT2D eigenvalue weighted by atomic mass is 35.7. The van der Waals surface area contributed by atoms with Crippen molar-refractivity contribution in [2.45, 2.75) is 16.2 Å². The van der Waals surface area contributed by atoms with Crippen LogP contribution < -0.4 is 0 Å². The highest BCUT2D eigenvalue weighted by Gasteiger charge is 2.26. The summed E-state index contributed by atoms with van der Waals surface area (Å²) in [6.07, 6.45) is 0.205. The lowest BCUT2D eigenvalue weighted by Crippen LogP contribution is -2.16. The molecule has 0 saturated heterocycles. The van der Waals surface area contributed by atoms with E-state index in [9.17, 15) is 21.6 Å². The molecule has 1 aliphatic carbocycles. The zero-order chi connectivity index (χ0) is 17.0. The molecule has 0 fully saturated rings. The molecule has 2 aromatic carbocycles. The number of fused-ring (bicyclic) bond motifs is 2. The summed E-state index contributed by atoms with van der Waals surface area (Å²) in [5, 5.41) is 0. The Kier molecular flexibility index (Phi) is 3.79. The molecule has 0 amide bonds. The molecule has 9 heteroatoms. The van der Waals surface area contributed by atoms with Crippen molar-refractivity contribution >= 4 is 45.2 Å². The first-order valence-corrected chi connectivity index (χ1v) is 10.9. The fraction of sp³-hybridized carbons (Fsp3) is 0.0714. The zero-order valence-corrected chi connectivity index (χ0v) is 14.4. The Labute approximate surface area is 141 Å². The van der Waals surface area contributed by atoms with Gasteiger partial charge in [0.05, 0.1) is 9.79 Å². The molecule has 0 aromatic heterocycles. The van der Waals surface area contributed by atoms with Crippen LogP contribution in [0.1, 0.15) is 27.0 Å². The van der Waals surface area contributed by atoms with Gasteiger partial charge in [-0.25, -0.2) is 16.8 Å². The average molecular weight is 391 g/mol. The lowest BCUT2D eigenvalue weighted by molar-refractivity contribution is 0.103. The summed E-state index contributed by atoms with van der Waals surface area (Å²) in [7, 11) is 2.79. The number of ketones is 1. The van der Waals surface area contributed by atoms with E-state index in [1.807, 2.05) is 0 Å². The van der Waals surface area contributed by atoms with Crippen molar-refractivity contribution in [3.8, 4) is 0 Å². The van der Waals surface area contributed by atoms with Crippen LogP contribution in [0.2, 0.25) is 0 Å². The third-order valence-corrected chi connectivity index (χ3v) is 6.29. The first kappa shape index (κ1) is 16.4. The maximum absolute atomic E-state index is 12.5. The molecular formula is C14H8Cl2O5S2. The summed E-state index contributed by atoms with van der Waals surface area (Å²) in [5.74, 6) is -0.307. The molecule has 0 atom stereocenters. The number of carbonyl (C=O) groups is 1. The zero-order valence-electron chi connectivity index (χ0n) is 11.3. The number of rotatable bonds is 2. The predicted octanol–water partition coefficient (Wildman–Crippen LogP) is 2.68. The van der Waals surface area contributed by atoms with Crippen LogP contribution in [0.5, 0.6) is 0 Å². The molecule has 23 heavy (non-hydrogen) atoms.